The van der Waals surface area contributed by atoms with Gasteiger partial charge in [0.25, 0.3) is 0 Å². The quantitative estimate of drug-likeness (QED) is 0.150. The Morgan fingerprint density at radius 3 is 1.98 bits per heavy atom. The summed E-state index contributed by atoms with van der Waals surface area (Å²) in [6.07, 6.45) is -1.07. The molecule has 0 radical (unpaired) electrons. The predicted octanol–water partition coefficient (Wildman–Crippen LogP) is 7.16. The first-order valence-electron chi connectivity index (χ1n) is 13.3. The van der Waals surface area contributed by atoms with Crippen LogP contribution in [0.3, 0.4) is 0 Å². The van der Waals surface area contributed by atoms with Crippen molar-refractivity contribution in [3.63, 3.8) is 0 Å². The second-order valence-electron chi connectivity index (χ2n) is 10.8. The molecule has 2 aliphatic heterocycles. The fourth-order valence-electron chi connectivity index (χ4n) is 6.95. The topological polar surface area (TPSA) is 54.5 Å². The summed E-state index contributed by atoms with van der Waals surface area (Å²) in [6, 6.07) is 20.8. The van der Waals surface area contributed by atoms with Gasteiger partial charge in [0.15, 0.2) is 17.3 Å². The Kier molecular flexibility index (Phi) is 5.63. The number of carbonyl (C=O) groups is 3. The molecule has 8 heteroatoms. The Morgan fingerprint density at radius 2 is 1.36 bits per heavy atom. The van der Waals surface area contributed by atoms with Crippen LogP contribution in [0.15, 0.2) is 103 Å². The van der Waals surface area contributed by atoms with E-state index in [1.807, 2.05) is 12.1 Å². The second kappa shape index (κ2) is 9.08. The van der Waals surface area contributed by atoms with Gasteiger partial charge in [-0.15, -0.1) is 0 Å². The van der Waals surface area contributed by atoms with E-state index in [4.69, 9.17) is 0 Å². The molecule has 0 N–H and O–H groups in total. The van der Waals surface area contributed by atoms with Crippen LogP contribution in [0.1, 0.15) is 53.7 Å². The molecule has 4 aromatic rings. The van der Waals surface area contributed by atoms with E-state index in [-0.39, 0.29) is 22.3 Å². The average molecular weight is 568 g/mol. The number of ketones is 3. The molecule has 7 rings (SSSR count). The van der Waals surface area contributed by atoms with Crippen LogP contribution in [0.2, 0.25) is 0 Å². The van der Waals surface area contributed by atoms with Gasteiger partial charge >= 0.3 is 6.18 Å². The monoisotopic (exact) mass is 567 g/mol. The standard InChI is InChI=1S/C34H21F4NO3/c35-23-16-11-21(12-17-23)30(40)29-28(20-9-14-22(15-10-20)34(36,37)38)33(31(41)24-6-2-3-7-25(24)32(33)42)27-18-13-19-5-1-4-8-26(19)39(27)29/h1-18,27-29H/t27?,28-,29+/m1/s1. The molecule has 1 aliphatic carbocycles. The number of hydrogen-bond acceptors (Lipinski definition) is 4. The van der Waals surface area contributed by atoms with Crippen LogP contribution in [-0.4, -0.2) is 29.4 Å². The number of Topliss-reactive ketones (excluding diaryl/α,β-unsaturated/α-hetero) is 3. The molecule has 2 heterocycles. The third kappa shape index (κ3) is 3.50. The zero-order chi connectivity index (χ0) is 29.4. The highest BCUT2D eigenvalue weighted by Crippen LogP contribution is 2.61. The van der Waals surface area contributed by atoms with Crippen molar-refractivity contribution in [2.24, 2.45) is 5.41 Å². The van der Waals surface area contributed by atoms with Crippen molar-refractivity contribution in [3.8, 4) is 0 Å². The van der Waals surface area contributed by atoms with E-state index < -0.39 is 58.3 Å². The Morgan fingerprint density at radius 1 is 0.762 bits per heavy atom. The normalized spacial score (nSPS) is 21.8. The fraction of sp³-hybridized carbons (Fsp3) is 0.147. The lowest BCUT2D eigenvalue weighted by molar-refractivity contribution is -0.137. The number of halogens is 4. The lowest BCUT2D eigenvalue weighted by Gasteiger charge is -2.37. The molecule has 4 nitrogen and oxygen atoms in total. The maximum atomic E-state index is 14.5. The van der Waals surface area contributed by atoms with Gasteiger partial charge in [0, 0.05) is 28.3 Å². The molecule has 0 bridgehead atoms. The Bertz CT molecular complexity index is 1770. The largest absolute Gasteiger partial charge is 0.416 e. The van der Waals surface area contributed by atoms with Crippen LogP contribution < -0.4 is 4.90 Å². The highest BCUT2D eigenvalue weighted by Gasteiger charge is 2.71. The van der Waals surface area contributed by atoms with E-state index in [2.05, 4.69) is 0 Å². The fourth-order valence-corrected chi connectivity index (χ4v) is 6.95. The third-order valence-corrected chi connectivity index (χ3v) is 8.71. The molecule has 0 amide bonds. The summed E-state index contributed by atoms with van der Waals surface area (Å²) < 4.78 is 54.5. The van der Waals surface area contributed by atoms with Crippen molar-refractivity contribution in [1.29, 1.82) is 0 Å². The van der Waals surface area contributed by atoms with Gasteiger partial charge < -0.3 is 4.90 Å². The van der Waals surface area contributed by atoms with Crippen LogP contribution in [0.5, 0.6) is 0 Å². The van der Waals surface area contributed by atoms with Crippen LogP contribution in [0, 0.1) is 11.2 Å². The van der Waals surface area contributed by atoms with Gasteiger partial charge in [-0.2, -0.15) is 13.2 Å². The first kappa shape index (κ1) is 26.1. The van der Waals surface area contributed by atoms with Gasteiger partial charge in [-0.25, -0.2) is 4.39 Å². The molecule has 0 aromatic heterocycles. The van der Waals surface area contributed by atoms with Gasteiger partial charge in [-0.05, 0) is 53.6 Å². The summed E-state index contributed by atoms with van der Waals surface area (Å²) >= 11 is 0. The summed E-state index contributed by atoms with van der Waals surface area (Å²) in [5.41, 5.74) is -0.554. The molecular weight excluding hydrogens is 546 g/mol. The molecule has 1 unspecified atom stereocenters. The molecule has 3 atom stereocenters. The van der Waals surface area contributed by atoms with E-state index in [0.717, 1.165) is 29.8 Å². The number of rotatable bonds is 3. The highest BCUT2D eigenvalue weighted by atomic mass is 19.4. The molecule has 1 fully saturated rings. The summed E-state index contributed by atoms with van der Waals surface area (Å²) in [5.74, 6) is -3.16. The average Bonchev–Trinajstić information content (AvgIpc) is 3.43. The van der Waals surface area contributed by atoms with Gasteiger partial charge in [-0.1, -0.05) is 66.7 Å². The Balaban J connectivity index is 1.53. The summed E-state index contributed by atoms with van der Waals surface area (Å²) in [5, 5.41) is 0. The van der Waals surface area contributed by atoms with Crippen molar-refractivity contribution in [2.45, 2.75) is 24.2 Å². The number of nitrogens with zero attached hydrogens (tertiary/aromatic N) is 1. The smallest absolute Gasteiger partial charge is 0.352 e. The zero-order valence-corrected chi connectivity index (χ0v) is 21.8. The molecule has 3 aliphatic rings. The zero-order valence-electron chi connectivity index (χ0n) is 21.8. The van der Waals surface area contributed by atoms with Gasteiger partial charge in [0.1, 0.15) is 17.3 Å². The van der Waals surface area contributed by atoms with E-state index in [0.29, 0.717) is 5.69 Å². The number of hydrogen-bond donors (Lipinski definition) is 0. The van der Waals surface area contributed by atoms with Crippen LogP contribution in [0.25, 0.3) is 6.08 Å². The number of anilines is 1. The lowest BCUT2D eigenvalue weighted by Crippen LogP contribution is -2.48. The van der Waals surface area contributed by atoms with Gasteiger partial charge in [0.05, 0.1) is 11.6 Å². The number of fused-ring (bicyclic) bond motifs is 5. The summed E-state index contributed by atoms with van der Waals surface area (Å²) in [7, 11) is 0. The van der Waals surface area contributed by atoms with Crippen molar-refractivity contribution in [2.75, 3.05) is 4.90 Å². The number of para-hydroxylation sites is 1. The Hall–Kier alpha value is -4.85. The molecule has 42 heavy (non-hydrogen) atoms. The minimum atomic E-state index is -4.61. The molecule has 4 aromatic carbocycles. The van der Waals surface area contributed by atoms with Gasteiger partial charge in [0.2, 0.25) is 0 Å². The number of benzene rings is 4. The van der Waals surface area contributed by atoms with E-state index in [1.165, 1.54) is 24.3 Å². The number of carbonyl (C=O) groups excluding carboxylic acids is 3. The first-order valence-corrected chi connectivity index (χ1v) is 13.3. The molecule has 208 valence electrons. The van der Waals surface area contributed by atoms with Crippen molar-refractivity contribution in [3.05, 3.63) is 142 Å². The van der Waals surface area contributed by atoms with Crippen LogP contribution >= 0.6 is 0 Å². The highest BCUT2D eigenvalue weighted by molar-refractivity contribution is 6.32. The van der Waals surface area contributed by atoms with E-state index in [1.54, 1.807) is 53.5 Å². The minimum absolute atomic E-state index is 0.150. The SMILES string of the molecule is O=C(c1ccc(F)cc1)[C@@H]1[C@@H](c2ccc(C(F)(F)F)cc2)C2(C(=O)c3ccccc3C2=O)C2C=Cc3ccccc3N21. The molecule has 1 spiro atoms. The predicted molar refractivity (Wildman–Crippen MR) is 148 cm³/mol. The van der Waals surface area contributed by atoms with E-state index >= 15 is 0 Å². The maximum absolute atomic E-state index is 14.5. The Labute approximate surface area is 237 Å². The van der Waals surface area contributed by atoms with Crippen LogP contribution in [-0.2, 0) is 6.18 Å². The maximum Gasteiger partial charge on any atom is 0.416 e. The van der Waals surface area contributed by atoms with Gasteiger partial charge in [-0.3, -0.25) is 14.4 Å². The lowest BCUT2D eigenvalue weighted by atomic mass is 9.64. The van der Waals surface area contributed by atoms with Crippen molar-refractivity contribution >= 4 is 29.1 Å². The van der Waals surface area contributed by atoms with Crippen molar-refractivity contribution < 1.29 is 31.9 Å². The summed E-state index contributed by atoms with van der Waals surface area (Å²) in [4.78, 5) is 45.3. The van der Waals surface area contributed by atoms with Crippen LogP contribution in [0.4, 0.5) is 23.2 Å². The summed E-state index contributed by atoms with van der Waals surface area (Å²) in [6.45, 7) is 0. The molecule has 1 saturated heterocycles. The molecule has 0 saturated carbocycles. The third-order valence-electron chi connectivity index (χ3n) is 8.71. The van der Waals surface area contributed by atoms with E-state index in [9.17, 15) is 31.9 Å². The minimum Gasteiger partial charge on any atom is -0.352 e. The first-order chi connectivity index (χ1) is 20.1. The van der Waals surface area contributed by atoms with Crippen molar-refractivity contribution in [1.82, 2.24) is 0 Å². The number of alkyl halides is 3. The second-order valence-corrected chi connectivity index (χ2v) is 10.8. The molecular formula is C34H21F4NO3.